The summed E-state index contributed by atoms with van der Waals surface area (Å²) in [4.78, 5) is 4.69. The van der Waals surface area contributed by atoms with Crippen LogP contribution in [0.2, 0.25) is 0 Å². The maximum absolute atomic E-state index is 13.5. The van der Waals surface area contributed by atoms with Gasteiger partial charge in [-0.2, -0.15) is 0 Å². The van der Waals surface area contributed by atoms with Gasteiger partial charge in [-0.3, -0.25) is 0 Å². The molecule has 3 aromatic carbocycles. The minimum absolute atomic E-state index is 0.206. The molecule has 1 heterocycles. The van der Waals surface area contributed by atoms with Crippen molar-refractivity contribution < 1.29 is 13.5 Å². The molecule has 1 N–H and O–H groups in total. The van der Waals surface area contributed by atoms with E-state index in [0.717, 1.165) is 10.8 Å². The van der Waals surface area contributed by atoms with Crippen LogP contribution < -0.4 is 0 Å². The van der Waals surface area contributed by atoms with Crippen molar-refractivity contribution in [3.63, 3.8) is 0 Å². The molecule has 140 valence electrons. The number of aromatic nitrogens is 2. The van der Waals surface area contributed by atoms with E-state index in [1.165, 1.54) is 15.7 Å². The lowest BCUT2D eigenvalue weighted by atomic mass is 10.1. The molecule has 0 radical (unpaired) electrons. The maximum Gasteiger partial charge on any atom is 0.270 e. The number of hydrogen-bond acceptors (Lipinski definition) is 5. The van der Waals surface area contributed by atoms with Crippen molar-refractivity contribution in [2.24, 2.45) is 0 Å². The van der Waals surface area contributed by atoms with Crippen molar-refractivity contribution in [1.29, 1.82) is 0 Å². The molecule has 5 nitrogen and oxygen atoms in total. The minimum atomic E-state index is -3.85. The molecule has 0 aliphatic rings. The summed E-state index contributed by atoms with van der Waals surface area (Å²) in [6, 6.07) is 19.9. The van der Waals surface area contributed by atoms with Crippen LogP contribution in [0, 0.1) is 11.8 Å². The summed E-state index contributed by atoms with van der Waals surface area (Å²) < 4.78 is 28.3. The smallest absolute Gasteiger partial charge is 0.270 e. The Morgan fingerprint density at radius 1 is 0.964 bits per heavy atom. The molecule has 4 rings (SSSR count). The Hall–Kier alpha value is -2.79. The van der Waals surface area contributed by atoms with E-state index in [-0.39, 0.29) is 11.5 Å². The SMILES string of the molecule is O=S(=O)(c1ccc2ccccc2c1)n1c(SCC#CCO)nc2ccccc21. The quantitative estimate of drug-likeness (QED) is 0.413. The average Bonchev–Trinajstić information content (AvgIpc) is 3.10. The number of benzene rings is 3. The molecular formula is C21H16N2O3S2. The number of nitrogens with zero attached hydrogens (tertiary/aromatic N) is 2. The lowest BCUT2D eigenvalue weighted by Crippen LogP contribution is -2.14. The van der Waals surface area contributed by atoms with Crippen LogP contribution in [0.5, 0.6) is 0 Å². The molecule has 7 heteroatoms. The van der Waals surface area contributed by atoms with Crippen LogP contribution in [0.3, 0.4) is 0 Å². The van der Waals surface area contributed by atoms with Gasteiger partial charge < -0.3 is 5.11 Å². The first kappa shape index (κ1) is 18.6. The van der Waals surface area contributed by atoms with Crippen molar-refractivity contribution in [1.82, 2.24) is 8.96 Å². The van der Waals surface area contributed by atoms with Crippen LogP contribution >= 0.6 is 11.8 Å². The molecule has 0 saturated carbocycles. The molecule has 28 heavy (non-hydrogen) atoms. The van der Waals surface area contributed by atoms with Gasteiger partial charge in [0.05, 0.1) is 21.7 Å². The number of hydrogen-bond donors (Lipinski definition) is 1. The summed E-state index contributed by atoms with van der Waals surface area (Å²) in [7, 11) is -3.85. The molecule has 0 fully saturated rings. The zero-order chi connectivity index (χ0) is 19.6. The predicted molar refractivity (Wildman–Crippen MR) is 112 cm³/mol. The van der Waals surface area contributed by atoms with Crippen molar-refractivity contribution in [2.45, 2.75) is 10.1 Å². The van der Waals surface area contributed by atoms with Crippen LogP contribution in [-0.4, -0.2) is 34.8 Å². The van der Waals surface area contributed by atoms with Crippen LogP contribution in [0.1, 0.15) is 0 Å². The van der Waals surface area contributed by atoms with Gasteiger partial charge in [0.1, 0.15) is 6.61 Å². The Morgan fingerprint density at radius 3 is 2.54 bits per heavy atom. The summed E-state index contributed by atoms with van der Waals surface area (Å²) in [5.41, 5.74) is 1.12. The van der Waals surface area contributed by atoms with Crippen LogP contribution in [0.4, 0.5) is 0 Å². The second-order valence-electron chi connectivity index (χ2n) is 5.96. The normalized spacial score (nSPS) is 11.5. The predicted octanol–water partition coefficient (Wildman–Crippen LogP) is 3.51. The van der Waals surface area contributed by atoms with Crippen molar-refractivity contribution in [3.05, 3.63) is 66.7 Å². The summed E-state index contributed by atoms with van der Waals surface area (Å²) in [5.74, 6) is 5.68. The van der Waals surface area contributed by atoms with Gasteiger partial charge in [0.2, 0.25) is 0 Å². The highest BCUT2D eigenvalue weighted by Crippen LogP contribution is 2.30. The summed E-state index contributed by atoms with van der Waals surface area (Å²) >= 11 is 1.23. The molecule has 0 unspecified atom stereocenters. The van der Waals surface area contributed by atoms with E-state index in [2.05, 4.69) is 16.8 Å². The largest absolute Gasteiger partial charge is 0.384 e. The Balaban J connectivity index is 1.87. The lowest BCUT2D eigenvalue weighted by molar-refractivity contribution is 0.350. The fourth-order valence-corrected chi connectivity index (χ4v) is 5.47. The molecular weight excluding hydrogens is 392 g/mol. The summed E-state index contributed by atoms with van der Waals surface area (Å²) in [6.45, 7) is -0.230. The highest BCUT2D eigenvalue weighted by Gasteiger charge is 2.24. The number of fused-ring (bicyclic) bond motifs is 2. The molecule has 0 saturated heterocycles. The maximum atomic E-state index is 13.5. The lowest BCUT2D eigenvalue weighted by Gasteiger charge is -2.10. The van der Waals surface area contributed by atoms with Gasteiger partial charge >= 0.3 is 0 Å². The Bertz CT molecular complexity index is 1330. The number of imidazole rings is 1. The second kappa shape index (κ2) is 7.68. The Morgan fingerprint density at radius 2 is 1.71 bits per heavy atom. The van der Waals surface area contributed by atoms with E-state index in [9.17, 15) is 8.42 Å². The van der Waals surface area contributed by atoms with Gasteiger partial charge in [-0.25, -0.2) is 17.4 Å². The second-order valence-corrected chi connectivity index (χ2v) is 8.69. The summed E-state index contributed by atoms with van der Waals surface area (Å²) in [6.07, 6.45) is 0. The Labute approximate surface area is 167 Å². The number of aliphatic hydroxyl groups excluding tert-OH is 1. The van der Waals surface area contributed by atoms with Gasteiger partial charge in [-0.05, 0) is 35.0 Å². The molecule has 0 aliphatic heterocycles. The van der Waals surface area contributed by atoms with E-state index in [1.807, 2.05) is 30.3 Å². The number of aliphatic hydroxyl groups is 1. The molecule has 0 spiro atoms. The molecule has 4 aromatic rings. The number of thioether (sulfide) groups is 1. The third-order valence-electron chi connectivity index (χ3n) is 4.23. The molecule has 0 atom stereocenters. The molecule has 0 bridgehead atoms. The topological polar surface area (TPSA) is 72.2 Å². The third-order valence-corrected chi connectivity index (χ3v) is 6.86. The average molecular weight is 409 g/mol. The minimum Gasteiger partial charge on any atom is -0.384 e. The van der Waals surface area contributed by atoms with Crippen molar-refractivity contribution in [3.8, 4) is 11.8 Å². The van der Waals surface area contributed by atoms with Crippen LogP contribution in [0.15, 0.2) is 76.8 Å². The molecule has 1 aromatic heterocycles. The monoisotopic (exact) mass is 408 g/mol. The van der Waals surface area contributed by atoms with Gasteiger partial charge in [-0.1, -0.05) is 66.1 Å². The van der Waals surface area contributed by atoms with E-state index < -0.39 is 10.0 Å². The van der Waals surface area contributed by atoms with Crippen molar-refractivity contribution in [2.75, 3.05) is 12.4 Å². The van der Waals surface area contributed by atoms with Gasteiger partial charge in [-0.15, -0.1) is 0 Å². The first-order valence-electron chi connectivity index (χ1n) is 8.52. The van der Waals surface area contributed by atoms with E-state index in [1.54, 1.807) is 36.4 Å². The van der Waals surface area contributed by atoms with E-state index in [0.29, 0.717) is 21.9 Å². The first-order valence-corrected chi connectivity index (χ1v) is 10.9. The van der Waals surface area contributed by atoms with E-state index >= 15 is 0 Å². The van der Waals surface area contributed by atoms with Crippen LogP contribution in [0.25, 0.3) is 21.8 Å². The highest BCUT2D eigenvalue weighted by molar-refractivity contribution is 8.00. The fraction of sp³-hybridized carbons (Fsp3) is 0.0952. The zero-order valence-electron chi connectivity index (χ0n) is 14.7. The standard InChI is InChI=1S/C21H16N2O3S2/c24-13-5-6-14-27-21-22-19-9-3-4-10-20(19)23(21)28(25,26)18-12-11-16-7-1-2-8-17(16)15-18/h1-4,7-12,15,24H,13-14H2. The number of para-hydroxylation sites is 2. The fourth-order valence-electron chi connectivity index (χ4n) is 2.95. The Kier molecular flexibility index (Phi) is 5.09. The third kappa shape index (κ3) is 3.38. The van der Waals surface area contributed by atoms with Crippen LogP contribution in [-0.2, 0) is 10.0 Å². The molecule has 0 aliphatic carbocycles. The van der Waals surface area contributed by atoms with Gasteiger partial charge in [0.25, 0.3) is 10.0 Å². The molecule has 0 amide bonds. The number of rotatable bonds is 4. The highest BCUT2D eigenvalue weighted by atomic mass is 32.2. The first-order chi connectivity index (χ1) is 13.6. The van der Waals surface area contributed by atoms with E-state index in [4.69, 9.17) is 5.11 Å². The van der Waals surface area contributed by atoms with Crippen molar-refractivity contribution >= 4 is 43.6 Å². The summed E-state index contributed by atoms with van der Waals surface area (Å²) in [5, 5.41) is 11.0. The zero-order valence-corrected chi connectivity index (χ0v) is 16.4. The van der Waals surface area contributed by atoms with Gasteiger partial charge in [0.15, 0.2) is 5.16 Å². The van der Waals surface area contributed by atoms with Gasteiger partial charge in [0, 0.05) is 0 Å².